The highest BCUT2D eigenvalue weighted by molar-refractivity contribution is 7.73. The van der Waals surface area contributed by atoms with Crippen LogP contribution in [0.25, 0.3) is 11.6 Å². The van der Waals surface area contributed by atoms with E-state index in [2.05, 4.69) is 18.0 Å². The molecule has 0 saturated carbocycles. The summed E-state index contributed by atoms with van der Waals surface area (Å²) >= 11 is 6.98. The highest BCUT2D eigenvalue weighted by atomic mass is 32.1. The molecule has 0 saturated heterocycles. The molecule has 5 heteroatoms. The minimum absolute atomic E-state index is 0.293. The number of hydrogen-bond acceptors (Lipinski definition) is 4. The van der Waals surface area contributed by atoms with E-state index in [9.17, 15) is 5.11 Å². The Balaban J connectivity index is 1.47. The standard InChI is InChI=1S/C24H32N2OS2/c1-2-3-4-5-6-7-8-9-10-13-16-26-23(27)22(29-24(26)28)17-19-18-25-21-15-12-11-14-20(19)21/h11-12,14-15,17-18,27H,2-10,13,16H2,1H3/b19-17+. The Hall–Kier alpha value is -1.72. The SMILES string of the molecule is CCCCCCCCCCCCn1c(O)c(/C=C2\C=Nc3ccccc32)sc1=S. The number of aromatic nitrogens is 1. The number of aliphatic imine (C=N–C) groups is 1. The lowest BCUT2D eigenvalue weighted by molar-refractivity contribution is 0.407. The van der Waals surface area contributed by atoms with Crippen LogP contribution in [0.1, 0.15) is 81.6 Å². The van der Waals surface area contributed by atoms with Gasteiger partial charge in [0.25, 0.3) is 0 Å². The Kier molecular flexibility index (Phi) is 8.69. The monoisotopic (exact) mass is 428 g/mol. The number of unbranched alkanes of at least 4 members (excludes halogenated alkanes) is 9. The molecular weight excluding hydrogens is 396 g/mol. The molecule has 1 aromatic carbocycles. The van der Waals surface area contributed by atoms with Crippen LogP contribution in [0.4, 0.5) is 5.69 Å². The van der Waals surface area contributed by atoms with Crippen LogP contribution in [0, 0.1) is 3.95 Å². The molecule has 2 aromatic rings. The second-order valence-electron chi connectivity index (χ2n) is 7.76. The predicted molar refractivity (Wildman–Crippen MR) is 129 cm³/mol. The quantitative estimate of drug-likeness (QED) is 0.273. The minimum Gasteiger partial charge on any atom is -0.493 e. The summed E-state index contributed by atoms with van der Waals surface area (Å²) in [6, 6.07) is 8.07. The summed E-state index contributed by atoms with van der Waals surface area (Å²) in [5, 5.41) is 10.7. The average Bonchev–Trinajstić information content (AvgIpc) is 3.25. The highest BCUT2D eigenvalue weighted by Crippen LogP contribution is 2.35. The van der Waals surface area contributed by atoms with Gasteiger partial charge in [0.2, 0.25) is 5.88 Å². The molecule has 0 amide bonds. The van der Waals surface area contributed by atoms with Crippen LogP contribution in [-0.4, -0.2) is 15.9 Å². The van der Waals surface area contributed by atoms with Crippen molar-refractivity contribution in [1.29, 1.82) is 0 Å². The lowest BCUT2D eigenvalue weighted by Crippen LogP contribution is -1.97. The van der Waals surface area contributed by atoms with Gasteiger partial charge in [-0.1, -0.05) is 82.9 Å². The van der Waals surface area contributed by atoms with Crippen LogP contribution in [0.15, 0.2) is 29.3 Å². The molecule has 1 aliphatic rings. The second-order valence-corrected chi connectivity index (χ2v) is 9.44. The van der Waals surface area contributed by atoms with Crippen molar-refractivity contribution in [2.75, 3.05) is 0 Å². The molecular formula is C24H32N2OS2. The van der Waals surface area contributed by atoms with Crippen LogP contribution in [0.5, 0.6) is 5.88 Å². The summed E-state index contributed by atoms with van der Waals surface area (Å²) in [4.78, 5) is 5.26. The molecule has 3 nitrogen and oxygen atoms in total. The first-order valence-corrected chi connectivity index (χ1v) is 12.2. The zero-order valence-corrected chi connectivity index (χ0v) is 19.0. The number of fused-ring (bicyclic) bond motifs is 1. The first-order chi connectivity index (χ1) is 14.2. The molecule has 2 heterocycles. The predicted octanol–water partition coefficient (Wildman–Crippen LogP) is 8.16. The molecule has 0 spiro atoms. The maximum atomic E-state index is 10.7. The van der Waals surface area contributed by atoms with E-state index in [0.29, 0.717) is 5.88 Å². The van der Waals surface area contributed by atoms with Crippen molar-refractivity contribution in [2.45, 2.75) is 77.7 Å². The third kappa shape index (κ3) is 6.13. The topological polar surface area (TPSA) is 37.5 Å². The third-order valence-electron chi connectivity index (χ3n) is 5.47. The number of benzene rings is 1. The van der Waals surface area contributed by atoms with Gasteiger partial charge in [0.15, 0.2) is 3.95 Å². The Morgan fingerprint density at radius 1 is 1.00 bits per heavy atom. The summed E-state index contributed by atoms with van der Waals surface area (Å²) < 4.78 is 2.63. The molecule has 0 fully saturated rings. The van der Waals surface area contributed by atoms with Crippen LogP contribution in [0.2, 0.25) is 0 Å². The number of thiazole rings is 1. The van der Waals surface area contributed by atoms with Crippen molar-refractivity contribution < 1.29 is 5.11 Å². The molecule has 0 bridgehead atoms. The van der Waals surface area contributed by atoms with Gasteiger partial charge >= 0.3 is 0 Å². The van der Waals surface area contributed by atoms with E-state index >= 15 is 0 Å². The largest absolute Gasteiger partial charge is 0.493 e. The number of rotatable bonds is 12. The molecule has 0 aliphatic carbocycles. The van der Waals surface area contributed by atoms with Gasteiger partial charge in [-0.25, -0.2) is 0 Å². The van der Waals surface area contributed by atoms with Gasteiger partial charge in [0.05, 0.1) is 10.6 Å². The molecule has 0 unspecified atom stereocenters. The fourth-order valence-corrected chi connectivity index (χ4v) is 5.07. The lowest BCUT2D eigenvalue weighted by Gasteiger charge is -2.05. The fraction of sp³-hybridized carbons (Fsp3) is 0.500. The van der Waals surface area contributed by atoms with Crippen LogP contribution in [0.3, 0.4) is 0 Å². The number of aromatic hydroxyl groups is 1. The van der Waals surface area contributed by atoms with E-state index in [-0.39, 0.29) is 0 Å². The number of para-hydroxylation sites is 1. The summed E-state index contributed by atoms with van der Waals surface area (Å²) in [6.45, 7) is 3.06. The van der Waals surface area contributed by atoms with Crippen molar-refractivity contribution in [2.24, 2.45) is 4.99 Å². The summed E-state index contributed by atoms with van der Waals surface area (Å²) in [6.07, 6.45) is 16.9. The molecule has 0 atom stereocenters. The van der Waals surface area contributed by atoms with E-state index in [0.717, 1.165) is 38.6 Å². The maximum absolute atomic E-state index is 10.7. The second kappa shape index (κ2) is 11.5. The summed E-state index contributed by atoms with van der Waals surface area (Å²) in [5.74, 6) is 0.293. The van der Waals surface area contributed by atoms with E-state index in [1.807, 2.05) is 35.1 Å². The first kappa shape index (κ1) is 22.0. The van der Waals surface area contributed by atoms with Gasteiger partial charge in [-0.2, -0.15) is 0 Å². The number of allylic oxidation sites excluding steroid dienone is 1. The van der Waals surface area contributed by atoms with Crippen molar-refractivity contribution in [1.82, 2.24) is 4.57 Å². The molecule has 156 valence electrons. The molecule has 1 aromatic heterocycles. The van der Waals surface area contributed by atoms with Crippen molar-refractivity contribution >= 4 is 47.1 Å². The molecule has 3 rings (SSSR count). The van der Waals surface area contributed by atoms with Crippen molar-refractivity contribution in [3.05, 3.63) is 38.7 Å². The Bertz CT molecular complexity index is 908. The van der Waals surface area contributed by atoms with Gasteiger partial charge in [0, 0.05) is 23.9 Å². The molecule has 1 N–H and O–H groups in total. The first-order valence-electron chi connectivity index (χ1n) is 11.0. The minimum atomic E-state index is 0.293. The Morgan fingerprint density at radius 3 is 2.38 bits per heavy atom. The smallest absolute Gasteiger partial charge is 0.210 e. The average molecular weight is 429 g/mol. The lowest BCUT2D eigenvalue weighted by atomic mass is 10.1. The number of hydrogen-bond donors (Lipinski definition) is 1. The van der Waals surface area contributed by atoms with Gasteiger partial charge < -0.3 is 5.11 Å². The van der Waals surface area contributed by atoms with E-state index in [4.69, 9.17) is 12.2 Å². The summed E-state index contributed by atoms with van der Waals surface area (Å²) in [7, 11) is 0. The number of nitrogens with zero attached hydrogens (tertiary/aromatic N) is 2. The highest BCUT2D eigenvalue weighted by Gasteiger charge is 2.15. The maximum Gasteiger partial charge on any atom is 0.210 e. The zero-order chi connectivity index (χ0) is 20.5. The van der Waals surface area contributed by atoms with Gasteiger partial charge in [0.1, 0.15) is 0 Å². The van der Waals surface area contributed by atoms with Gasteiger partial charge in [-0.05, 0) is 30.8 Å². The van der Waals surface area contributed by atoms with Gasteiger partial charge in [-0.15, -0.1) is 11.3 Å². The van der Waals surface area contributed by atoms with Gasteiger partial charge in [-0.3, -0.25) is 9.56 Å². The van der Waals surface area contributed by atoms with E-state index < -0.39 is 0 Å². The van der Waals surface area contributed by atoms with Crippen molar-refractivity contribution in [3.8, 4) is 5.88 Å². The molecule has 0 radical (unpaired) electrons. The van der Waals surface area contributed by atoms with Crippen LogP contribution in [-0.2, 0) is 6.54 Å². The fourth-order valence-electron chi connectivity index (χ4n) is 3.76. The zero-order valence-electron chi connectivity index (χ0n) is 17.4. The van der Waals surface area contributed by atoms with Crippen LogP contribution >= 0.6 is 23.6 Å². The third-order valence-corrected chi connectivity index (χ3v) is 6.86. The van der Waals surface area contributed by atoms with E-state index in [1.54, 1.807) is 0 Å². The van der Waals surface area contributed by atoms with Crippen LogP contribution < -0.4 is 0 Å². The normalized spacial score (nSPS) is 14.0. The van der Waals surface area contributed by atoms with Crippen molar-refractivity contribution in [3.63, 3.8) is 0 Å². The molecule has 1 aliphatic heterocycles. The molecule has 29 heavy (non-hydrogen) atoms. The summed E-state index contributed by atoms with van der Waals surface area (Å²) in [5.41, 5.74) is 3.11. The Labute approximate surface area is 183 Å². The van der Waals surface area contributed by atoms with E-state index in [1.165, 1.54) is 69.1 Å². The Morgan fingerprint density at radius 2 is 1.66 bits per heavy atom.